The highest BCUT2D eigenvalue weighted by atomic mass is 32.1. The number of allylic oxidation sites excluding steroid dienone is 2. The molecule has 3 aromatic rings. The van der Waals surface area contributed by atoms with Gasteiger partial charge in [0, 0.05) is 40.5 Å². The monoisotopic (exact) mass is 551 g/mol. The van der Waals surface area contributed by atoms with Crippen LogP contribution in [0.25, 0.3) is 0 Å². The molecule has 0 fully saturated rings. The molecule has 10 heteroatoms. The van der Waals surface area contributed by atoms with Gasteiger partial charge < -0.3 is 14.2 Å². The number of hydrogen-bond donors (Lipinski definition) is 0. The molecule has 3 aliphatic rings. The van der Waals surface area contributed by atoms with E-state index >= 15 is 4.39 Å². The van der Waals surface area contributed by atoms with E-state index in [0.717, 1.165) is 10.9 Å². The summed E-state index contributed by atoms with van der Waals surface area (Å²) < 4.78 is 45.1. The lowest BCUT2D eigenvalue weighted by Gasteiger charge is -2.42. The molecule has 0 unspecified atom stereocenters. The summed E-state index contributed by atoms with van der Waals surface area (Å²) in [6.45, 7) is 1.83. The summed E-state index contributed by atoms with van der Waals surface area (Å²) in [6, 6.07) is 11.8. The maximum atomic E-state index is 15.1. The van der Waals surface area contributed by atoms with E-state index in [4.69, 9.17) is 14.2 Å². The fourth-order valence-electron chi connectivity index (χ4n) is 5.66. The Morgan fingerprint density at radius 1 is 1.08 bits per heavy atom. The molecule has 7 nitrogen and oxygen atoms in total. The number of fused-ring (bicyclic) bond motifs is 1. The molecule has 2 aliphatic heterocycles. The van der Waals surface area contributed by atoms with E-state index < -0.39 is 47.0 Å². The van der Waals surface area contributed by atoms with Crippen molar-refractivity contribution in [3.05, 3.63) is 87.3 Å². The average Bonchev–Trinajstić information content (AvgIpc) is 3.61. The quantitative estimate of drug-likeness (QED) is 0.309. The zero-order valence-corrected chi connectivity index (χ0v) is 21.6. The summed E-state index contributed by atoms with van der Waals surface area (Å²) in [5, 5.41) is 1.84. The van der Waals surface area contributed by atoms with Gasteiger partial charge in [-0.1, -0.05) is 12.1 Å². The Balaban J connectivity index is 1.55. The summed E-state index contributed by atoms with van der Waals surface area (Å²) in [6.07, 6.45) is -0.0606. The van der Waals surface area contributed by atoms with Crippen LogP contribution in [0.4, 0.5) is 14.5 Å². The van der Waals surface area contributed by atoms with E-state index in [1.165, 1.54) is 22.3 Å². The van der Waals surface area contributed by atoms with Gasteiger partial charge in [0.15, 0.2) is 17.3 Å². The van der Waals surface area contributed by atoms with Crippen LogP contribution in [0.1, 0.15) is 42.0 Å². The van der Waals surface area contributed by atoms with Crippen LogP contribution in [0.5, 0.6) is 11.5 Å². The smallest absolute Gasteiger partial charge is 0.317 e. The van der Waals surface area contributed by atoms with Crippen LogP contribution in [0.2, 0.25) is 0 Å². The van der Waals surface area contributed by atoms with Gasteiger partial charge in [0.1, 0.15) is 17.6 Å². The van der Waals surface area contributed by atoms with E-state index in [0.29, 0.717) is 28.8 Å². The first-order valence-electron chi connectivity index (χ1n) is 12.5. The summed E-state index contributed by atoms with van der Waals surface area (Å²) in [4.78, 5) is 43.2. The molecule has 1 amide bonds. The molecule has 0 saturated carbocycles. The SMILES string of the molecule is CCOC(=O)[C@@H]1C(=O)C2=C(C[C@H]1c1cccs1)N(c1ccc(F)cc1F)C(=O)C[C@H]2c1ccc2c(c1)OCO2. The predicted octanol–water partition coefficient (Wildman–Crippen LogP) is 5.47. The van der Waals surface area contributed by atoms with Crippen molar-refractivity contribution in [2.45, 2.75) is 31.6 Å². The molecule has 0 spiro atoms. The Bertz CT molecular complexity index is 1520. The second-order valence-electron chi connectivity index (χ2n) is 9.47. The Labute approximate surface area is 226 Å². The van der Waals surface area contributed by atoms with Crippen molar-refractivity contribution in [3.63, 3.8) is 0 Å². The lowest BCUT2D eigenvalue weighted by atomic mass is 9.69. The molecule has 1 aliphatic carbocycles. The second kappa shape index (κ2) is 9.92. The number of carbonyl (C=O) groups excluding carboxylic acids is 3. The van der Waals surface area contributed by atoms with Crippen molar-refractivity contribution in [1.29, 1.82) is 0 Å². The minimum absolute atomic E-state index is 0.0559. The van der Waals surface area contributed by atoms with Crippen LogP contribution in [0, 0.1) is 17.6 Å². The molecule has 39 heavy (non-hydrogen) atoms. The number of nitrogens with zero attached hydrogens (tertiary/aromatic N) is 1. The van der Waals surface area contributed by atoms with Gasteiger partial charge in [0.2, 0.25) is 12.7 Å². The molecule has 0 bridgehead atoms. The standard InChI is InChI=1S/C29H23F2NO6S/c1-2-36-29(35)27-18(24-4-3-9-39-24)12-21-26(28(27)34)17(15-5-8-22-23(10-15)38-14-37-22)13-25(33)32(21)20-7-6-16(30)11-19(20)31/h3-11,17-18,27H,2,12-14H2,1H3/t17-,18-,27-/m0/s1. The van der Waals surface area contributed by atoms with Crippen molar-refractivity contribution in [3.8, 4) is 11.5 Å². The van der Waals surface area contributed by atoms with E-state index in [1.54, 1.807) is 25.1 Å². The molecule has 3 heterocycles. The molecule has 0 saturated heterocycles. The highest BCUT2D eigenvalue weighted by molar-refractivity contribution is 7.10. The molecular formula is C29H23F2NO6S. The minimum atomic E-state index is -1.13. The van der Waals surface area contributed by atoms with E-state index in [2.05, 4.69) is 0 Å². The van der Waals surface area contributed by atoms with Crippen molar-refractivity contribution < 1.29 is 37.4 Å². The van der Waals surface area contributed by atoms with Gasteiger partial charge in [-0.3, -0.25) is 19.3 Å². The number of ether oxygens (including phenoxy) is 3. The largest absolute Gasteiger partial charge is 0.465 e. The number of benzene rings is 2. The van der Waals surface area contributed by atoms with Crippen molar-refractivity contribution >= 4 is 34.7 Å². The first-order chi connectivity index (χ1) is 18.9. The molecule has 2 aromatic carbocycles. The lowest BCUT2D eigenvalue weighted by molar-refractivity contribution is -0.152. The predicted molar refractivity (Wildman–Crippen MR) is 138 cm³/mol. The molecule has 6 rings (SSSR count). The van der Waals surface area contributed by atoms with E-state index in [-0.39, 0.29) is 37.5 Å². The summed E-state index contributed by atoms with van der Waals surface area (Å²) in [5.41, 5.74) is 1.02. The molecular weight excluding hydrogens is 528 g/mol. The van der Waals surface area contributed by atoms with Gasteiger partial charge in [-0.2, -0.15) is 0 Å². The van der Waals surface area contributed by atoms with Crippen LogP contribution in [0.3, 0.4) is 0 Å². The van der Waals surface area contributed by atoms with Crippen LogP contribution in [0.15, 0.2) is 65.2 Å². The van der Waals surface area contributed by atoms with Crippen molar-refractivity contribution in [1.82, 2.24) is 0 Å². The van der Waals surface area contributed by atoms with Gasteiger partial charge in [-0.25, -0.2) is 8.78 Å². The Morgan fingerprint density at radius 3 is 2.64 bits per heavy atom. The molecule has 0 radical (unpaired) electrons. The first kappa shape index (κ1) is 25.2. The van der Waals surface area contributed by atoms with Crippen LogP contribution < -0.4 is 14.4 Å². The zero-order valence-electron chi connectivity index (χ0n) is 20.8. The Hall–Kier alpha value is -4.05. The van der Waals surface area contributed by atoms with Crippen LogP contribution in [-0.2, 0) is 19.1 Å². The van der Waals surface area contributed by atoms with Crippen molar-refractivity contribution in [2.24, 2.45) is 5.92 Å². The first-order valence-corrected chi connectivity index (χ1v) is 13.4. The number of thiophene rings is 1. The number of halogens is 2. The number of amides is 1. The summed E-state index contributed by atoms with van der Waals surface area (Å²) >= 11 is 1.38. The molecule has 1 aromatic heterocycles. The maximum absolute atomic E-state index is 15.1. The highest BCUT2D eigenvalue weighted by Crippen LogP contribution is 2.51. The zero-order chi connectivity index (χ0) is 27.3. The highest BCUT2D eigenvalue weighted by Gasteiger charge is 2.50. The van der Waals surface area contributed by atoms with Crippen LogP contribution in [-0.4, -0.2) is 31.1 Å². The third kappa shape index (κ3) is 4.28. The fourth-order valence-corrected chi connectivity index (χ4v) is 6.52. The Kier molecular flexibility index (Phi) is 6.42. The summed E-state index contributed by atoms with van der Waals surface area (Å²) in [7, 11) is 0. The minimum Gasteiger partial charge on any atom is -0.465 e. The van der Waals surface area contributed by atoms with Gasteiger partial charge in [-0.15, -0.1) is 11.3 Å². The van der Waals surface area contributed by atoms with Gasteiger partial charge >= 0.3 is 5.97 Å². The van der Waals surface area contributed by atoms with E-state index in [9.17, 15) is 18.8 Å². The molecule has 0 N–H and O–H groups in total. The number of esters is 1. The fraction of sp³-hybridized carbons (Fsp3) is 0.276. The topological polar surface area (TPSA) is 82.1 Å². The number of ketones is 1. The van der Waals surface area contributed by atoms with Gasteiger partial charge in [-0.05, 0) is 54.6 Å². The molecule has 3 atom stereocenters. The molecule has 200 valence electrons. The number of Topliss-reactive ketones (excluding diaryl/α,β-unsaturated/α-hetero) is 1. The average molecular weight is 552 g/mol. The number of carbonyl (C=O) groups is 3. The normalized spacial score (nSPS) is 22.2. The van der Waals surface area contributed by atoms with Gasteiger partial charge in [0.25, 0.3) is 0 Å². The third-order valence-corrected chi connectivity index (χ3v) is 8.32. The summed E-state index contributed by atoms with van der Waals surface area (Å²) in [5.74, 6) is -4.72. The second-order valence-corrected chi connectivity index (χ2v) is 10.5. The van der Waals surface area contributed by atoms with Crippen LogP contribution >= 0.6 is 11.3 Å². The maximum Gasteiger partial charge on any atom is 0.317 e. The van der Waals surface area contributed by atoms with Gasteiger partial charge in [0.05, 0.1) is 12.3 Å². The Morgan fingerprint density at radius 2 is 1.90 bits per heavy atom. The van der Waals surface area contributed by atoms with E-state index in [1.807, 2.05) is 17.5 Å². The van der Waals surface area contributed by atoms with Crippen molar-refractivity contribution in [2.75, 3.05) is 18.3 Å². The lowest BCUT2D eigenvalue weighted by Crippen LogP contribution is -2.46. The number of anilines is 1. The third-order valence-electron chi connectivity index (χ3n) is 7.32. The number of rotatable bonds is 5. The number of hydrogen-bond acceptors (Lipinski definition) is 7.